The van der Waals surface area contributed by atoms with Gasteiger partial charge in [0.25, 0.3) is 5.91 Å². The molecule has 4 rings (SSSR count). The van der Waals surface area contributed by atoms with E-state index in [1.54, 1.807) is 21.9 Å². The van der Waals surface area contributed by atoms with Crippen LogP contribution in [0.15, 0.2) is 48.5 Å². The second-order valence-electron chi connectivity index (χ2n) is 9.13. The third-order valence-corrected chi connectivity index (χ3v) is 6.29. The Hall–Kier alpha value is -3.35. The number of aryl methyl sites for hydroxylation is 2. The largest absolute Gasteiger partial charge is 0.447 e. The summed E-state index contributed by atoms with van der Waals surface area (Å²) in [6, 6.07) is 15.3. The first kappa shape index (κ1) is 22.8. The Balaban J connectivity index is 1.40. The van der Waals surface area contributed by atoms with Gasteiger partial charge in [0, 0.05) is 45.0 Å². The van der Waals surface area contributed by atoms with Crippen LogP contribution in [-0.4, -0.2) is 53.0 Å². The van der Waals surface area contributed by atoms with E-state index in [9.17, 15) is 14.4 Å². The molecule has 2 heterocycles. The molecule has 7 nitrogen and oxygen atoms in total. The number of nitrogens with zero attached hydrogens (tertiary/aromatic N) is 2. The minimum absolute atomic E-state index is 0.248. The predicted octanol–water partition coefficient (Wildman–Crippen LogP) is 3.92. The number of carbonyl (C=O) groups is 3. The average molecular weight is 451 g/mol. The predicted molar refractivity (Wildman–Crippen MR) is 122 cm³/mol. The van der Waals surface area contributed by atoms with E-state index in [4.69, 9.17) is 9.47 Å². The Bertz CT molecular complexity index is 1020. The first-order chi connectivity index (χ1) is 15.7. The number of benzene rings is 2. The minimum atomic E-state index is -0.968. The first-order valence-electron chi connectivity index (χ1n) is 11.3. The first-order valence-corrected chi connectivity index (χ1v) is 11.3. The van der Waals surface area contributed by atoms with Crippen LogP contribution in [-0.2, 0) is 25.6 Å². The van der Waals surface area contributed by atoms with Gasteiger partial charge in [-0.3, -0.25) is 14.5 Å². The van der Waals surface area contributed by atoms with Crippen LogP contribution in [0.1, 0.15) is 48.1 Å². The monoisotopic (exact) mass is 450 g/mol. The van der Waals surface area contributed by atoms with E-state index in [1.807, 2.05) is 32.0 Å². The molecule has 0 bridgehead atoms. The van der Waals surface area contributed by atoms with Crippen LogP contribution in [0.4, 0.5) is 4.79 Å². The van der Waals surface area contributed by atoms with Gasteiger partial charge in [0.1, 0.15) is 5.60 Å². The van der Waals surface area contributed by atoms with Gasteiger partial charge >= 0.3 is 12.1 Å². The molecular weight excluding hydrogens is 420 g/mol. The fraction of sp³-hybridized carbons (Fsp3) is 0.423. The quantitative estimate of drug-likeness (QED) is 0.646. The Labute approximate surface area is 194 Å². The number of ether oxygens (including phenoxy) is 2. The molecule has 2 amide bonds. The number of hydrogen-bond donors (Lipinski definition) is 0. The number of amides is 2. The third-order valence-electron chi connectivity index (χ3n) is 6.29. The van der Waals surface area contributed by atoms with E-state index in [1.165, 1.54) is 18.1 Å². The van der Waals surface area contributed by atoms with Crippen molar-refractivity contribution in [2.24, 2.45) is 0 Å². The van der Waals surface area contributed by atoms with Gasteiger partial charge in [-0.1, -0.05) is 59.7 Å². The number of carbonyl (C=O) groups excluding carboxylic acids is 3. The molecule has 0 N–H and O–H groups in total. The van der Waals surface area contributed by atoms with E-state index >= 15 is 0 Å². The molecule has 1 spiro atoms. The van der Waals surface area contributed by atoms with E-state index < -0.39 is 17.7 Å². The molecule has 0 saturated carbocycles. The molecule has 7 heteroatoms. The molecule has 2 fully saturated rings. The number of rotatable bonds is 5. The summed E-state index contributed by atoms with van der Waals surface area (Å²) in [4.78, 5) is 40.9. The maximum atomic E-state index is 13.2. The average Bonchev–Trinajstić information content (AvgIpc) is 3.06. The maximum absolute atomic E-state index is 13.2. The number of likely N-dealkylation sites (tertiary alicyclic amines) is 1. The highest BCUT2D eigenvalue weighted by Gasteiger charge is 2.48. The van der Waals surface area contributed by atoms with Crippen molar-refractivity contribution in [1.29, 1.82) is 0 Å². The van der Waals surface area contributed by atoms with Crippen LogP contribution in [0.3, 0.4) is 0 Å². The molecule has 2 aliphatic rings. The second kappa shape index (κ2) is 9.25. The molecule has 174 valence electrons. The van der Waals surface area contributed by atoms with Gasteiger partial charge in [-0.25, -0.2) is 4.79 Å². The topological polar surface area (TPSA) is 76.2 Å². The fourth-order valence-corrected chi connectivity index (χ4v) is 4.81. The molecular formula is C26H30N2O5. The van der Waals surface area contributed by atoms with E-state index in [0.29, 0.717) is 44.6 Å². The van der Waals surface area contributed by atoms with Gasteiger partial charge in [0.05, 0.1) is 6.54 Å². The van der Waals surface area contributed by atoms with Crippen molar-refractivity contribution in [2.75, 3.05) is 19.6 Å². The van der Waals surface area contributed by atoms with Gasteiger partial charge in [-0.15, -0.1) is 0 Å². The van der Waals surface area contributed by atoms with Crippen LogP contribution in [0.25, 0.3) is 0 Å². The van der Waals surface area contributed by atoms with Gasteiger partial charge in [0.15, 0.2) is 0 Å². The van der Waals surface area contributed by atoms with E-state index in [2.05, 4.69) is 18.2 Å². The normalized spacial score (nSPS) is 18.2. The third kappa shape index (κ3) is 5.18. The summed E-state index contributed by atoms with van der Waals surface area (Å²) >= 11 is 0. The second-order valence-corrected chi connectivity index (χ2v) is 9.13. The summed E-state index contributed by atoms with van der Waals surface area (Å²) in [5.74, 6) is -0.750. The summed E-state index contributed by atoms with van der Waals surface area (Å²) in [6.07, 6.45) is -0.175. The van der Waals surface area contributed by atoms with E-state index in [-0.39, 0.29) is 12.0 Å². The Morgan fingerprint density at radius 3 is 2.30 bits per heavy atom. The SMILES string of the molecule is CC(=O)OC(C(=O)N1CCC2(CC1)CN(Cc1cc(C)cc(C)c1)C(=O)O2)c1ccccc1. The van der Waals surface area contributed by atoms with Crippen LogP contribution in [0.2, 0.25) is 0 Å². The zero-order valence-electron chi connectivity index (χ0n) is 19.4. The standard InChI is InChI=1S/C26H30N2O5/c1-18-13-19(2)15-21(14-18)16-28-17-26(33-25(28)31)9-11-27(12-10-26)24(30)23(32-20(3)29)22-7-5-4-6-8-22/h4-8,13-15,23H,9-12,16-17H2,1-3H3. The van der Waals surface area contributed by atoms with Crippen LogP contribution in [0, 0.1) is 13.8 Å². The molecule has 2 aromatic rings. The molecule has 2 aromatic carbocycles. The molecule has 33 heavy (non-hydrogen) atoms. The van der Waals surface area contributed by atoms with Crippen molar-refractivity contribution >= 4 is 18.0 Å². The van der Waals surface area contributed by atoms with Crippen molar-refractivity contribution in [3.63, 3.8) is 0 Å². The van der Waals surface area contributed by atoms with Gasteiger partial charge in [-0.05, 0) is 19.4 Å². The van der Waals surface area contributed by atoms with Crippen molar-refractivity contribution < 1.29 is 23.9 Å². The molecule has 1 atom stereocenters. The lowest BCUT2D eigenvalue weighted by atomic mass is 9.90. The van der Waals surface area contributed by atoms with Gasteiger partial charge < -0.3 is 14.4 Å². The molecule has 0 radical (unpaired) electrons. The van der Waals surface area contributed by atoms with Gasteiger partial charge in [0.2, 0.25) is 6.10 Å². The zero-order valence-corrected chi connectivity index (χ0v) is 19.4. The highest BCUT2D eigenvalue weighted by atomic mass is 16.6. The lowest BCUT2D eigenvalue weighted by molar-refractivity contribution is -0.161. The summed E-state index contributed by atoms with van der Waals surface area (Å²) in [7, 11) is 0. The molecule has 2 aliphatic heterocycles. The summed E-state index contributed by atoms with van der Waals surface area (Å²) < 4.78 is 11.2. The molecule has 0 aliphatic carbocycles. The molecule has 0 aromatic heterocycles. The minimum Gasteiger partial charge on any atom is -0.447 e. The van der Waals surface area contributed by atoms with E-state index in [0.717, 1.165) is 5.56 Å². The lowest BCUT2D eigenvalue weighted by Gasteiger charge is -2.38. The van der Waals surface area contributed by atoms with Crippen molar-refractivity contribution in [2.45, 2.75) is 51.9 Å². The smallest absolute Gasteiger partial charge is 0.410 e. The van der Waals surface area contributed by atoms with Crippen LogP contribution in [0.5, 0.6) is 0 Å². The lowest BCUT2D eigenvalue weighted by Crippen LogP contribution is -2.50. The van der Waals surface area contributed by atoms with Gasteiger partial charge in [-0.2, -0.15) is 0 Å². The van der Waals surface area contributed by atoms with Crippen molar-refractivity contribution in [1.82, 2.24) is 9.80 Å². The molecule has 2 saturated heterocycles. The van der Waals surface area contributed by atoms with Crippen molar-refractivity contribution in [3.05, 3.63) is 70.8 Å². The summed E-state index contributed by atoms with van der Waals surface area (Å²) in [5.41, 5.74) is 3.47. The Kier molecular flexibility index (Phi) is 6.40. The number of piperidine rings is 1. The summed E-state index contributed by atoms with van der Waals surface area (Å²) in [5, 5.41) is 0. The number of hydrogen-bond acceptors (Lipinski definition) is 5. The highest BCUT2D eigenvalue weighted by Crippen LogP contribution is 2.35. The fourth-order valence-electron chi connectivity index (χ4n) is 4.81. The Morgan fingerprint density at radius 1 is 1.06 bits per heavy atom. The Morgan fingerprint density at radius 2 is 1.70 bits per heavy atom. The van der Waals surface area contributed by atoms with Crippen LogP contribution < -0.4 is 0 Å². The highest BCUT2D eigenvalue weighted by molar-refractivity contribution is 5.85. The summed E-state index contributed by atoms with van der Waals surface area (Å²) in [6.45, 7) is 7.29. The van der Waals surface area contributed by atoms with Crippen molar-refractivity contribution in [3.8, 4) is 0 Å². The molecule has 1 unspecified atom stereocenters. The van der Waals surface area contributed by atoms with Crippen LogP contribution >= 0.6 is 0 Å². The zero-order chi connectivity index (χ0) is 23.6. The maximum Gasteiger partial charge on any atom is 0.410 e. The number of esters is 1.